The van der Waals surface area contributed by atoms with Crippen LogP contribution in [0.2, 0.25) is 5.15 Å². The second-order valence-electron chi connectivity index (χ2n) is 4.29. The zero-order chi connectivity index (χ0) is 13.0. The summed E-state index contributed by atoms with van der Waals surface area (Å²) in [6, 6.07) is 0.0989. The summed E-state index contributed by atoms with van der Waals surface area (Å²) in [5.41, 5.74) is 5.27. The highest BCUT2D eigenvalue weighted by Gasteiger charge is 2.23. The highest BCUT2D eigenvalue weighted by molar-refractivity contribution is 6.31. The number of hydrazine groups is 1. The number of hydrogen-bond acceptors (Lipinski definition) is 4. The van der Waals surface area contributed by atoms with E-state index in [9.17, 15) is 4.79 Å². The number of carbonyl (C=O) groups is 1. The Kier molecular flexibility index (Phi) is 4.19. The lowest BCUT2D eigenvalue weighted by molar-refractivity contribution is 0.160. The molecular weight excluding hydrogens is 254 g/mol. The van der Waals surface area contributed by atoms with Crippen molar-refractivity contribution in [3.05, 3.63) is 17.5 Å². The Hall–Kier alpha value is -1.56. The smallest absolute Gasteiger partial charge is 0.321 e. The van der Waals surface area contributed by atoms with Crippen molar-refractivity contribution in [2.75, 3.05) is 12.0 Å². The number of hydrogen-bond donors (Lipinski definition) is 2. The van der Waals surface area contributed by atoms with E-state index in [1.54, 1.807) is 4.90 Å². The molecule has 1 aromatic heterocycles. The summed E-state index contributed by atoms with van der Waals surface area (Å²) in [7, 11) is 0. The van der Waals surface area contributed by atoms with Crippen LogP contribution >= 0.6 is 11.6 Å². The molecular formula is C11H16ClN5O. The minimum absolute atomic E-state index is 0.163. The van der Waals surface area contributed by atoms with Crippen molar-refractivity contribution in [1.82, 2.24) is 20.3 Å². The zero-order valence-electron chi connectivity index (χ0n) is 10.2. The van der Waals surface area contributed by atoms with Gasteiger partial charge in [-0.15, -0.1) is 0 Å². The fraction of sp³-hybridized carbons (Fsp3) is 0.545. The molecule has 6 nitrogen and oxygen atoms in total. The van der Waals surface area contributed by atoms with Crippen molar-refractivity contribution >= 4 is 23.4 Å². The van der Waals surface area contributed by atoms with Gasteiger partial charge in [-0.25, -0.2) is 14.8 Å². The molecule has 2 N–H and O–H groups in total. The number of rotatable bonds is 2. The highest BCUT2D eigenvalue weighted by atomic mass is 35.5. The van der Waals surface area contributed by atoms with Gasteiger partial charge in [0.2, 0.25) is 0 Å². The third kappa shape index (κ3) is 3.01. The minimum Gasteiger partial charge on any atom is -0.321 e. The summed E-state index contributed by atoms with van der Waals surface area (Å²) in [6.45, 7) is 2.83. The van der Waals surface area contributed by atoms with Crippen LogP contribution in [0.5, 0.6) is 0 Å². The van der Waals surface area contributed by atoms with Gasteiger partial charge < -0.3 is 4.90 Å². The molecule has 1 aliphatic heterocycles. The van der Waals surface area contributed by atoms with Crippen molar-refractivity contribution < 1.29 is 4.79 Å². The largest absolute Gasteiger partial charge is 0.336 e. The summed E-state index contributed by atoms with van der Waals surface area (Å²) in [4.78, 5) is 21.6. The number of amides is 2. The predicted molar refractivity (Wildman–Crippen MR) is 69.2 cm³/mol. The number of halogens is 1. The van der Waals surface area contributed by atoms with Gasteiger partial charge in [0.15, 0.2) is 11.0 Å². The number of nitrogens with one attached hydrogen (secondary N) is 2. The first-order valence-electron chi connectivity index (χ1n) is 5.97. The Bertz CT molecular complexity index is 428. The summed E-state index contributed by atoms with van der Waals surface area (Å²) < 4.78 is 0. The summed E-state index contributed by atoms with van der Waals surface area (Å²) in [5.74, 6) is 0.345. The highest BCUT2D eigenvalue weighted by Crippen LogP contribution is 2.17. The molecule has 0 unspecified atom stereocenters. The summed E-state index contributed by atoms with van der Waals surface area (Å²) >= 11 is 5.82. The first-order valence-corrected chi connectivity index (χ1v) is 6.35. The lowest BCUT2D eigenvalue weighted by atomic mass is 10.0. The predicted octanol–water partition coefficient (Wildman–Crippen LogP) is 2.04. The molecule has 1 atom stereocenters. The van der Waals surface area contributed by atoms with E-state index >= 15 is 0 Å². The van der Waals surface area contributed by atoms with Crippen LogP contribution in [-0.2, 0) is 0 Å². The first-order chi connectivity index (χ1) is 8.68. The van der Waals surface area contributed by atoms with Crippen LogP contribution in [0.25, 0.3) is 0 Å². The van der Waals surface area contributed by atoms with Crippen molar-refractivity contribution in [2.45, 2.75) is 32.2 Å². The van der Waals surface area contributed by atoms with E-state index in [1.165, 1.54) is 18.8 Å². The van der Waals surface area contributed by atoms with Crippen molar-refractivity contribution in [2.24, 2.45) is 0 Å². The zero-order valence-corrected chi connectivity index (χ0v) is 10.9. The molecule has 2 rings (SSSR count). The second-order valence-corrected chi connectivity index (χ2v) is 4.65. The monoisotopic (exact) mass is 269 g/mol. The third-order valence-electron chi connectivity index (χ3n) is 3.01. The van der Waals surface area contributed by atoms with Crippen LogP contribution < -0.4 is 10.9 Å². The second kappa shape index (κ2) is 5.86. The van der Waals surface area contributed by atoms with Crippen molar-refractivity contribution in [3.63, 3.8) is 0 Å². The Morgan fingerprint density at radius 1 is 1.44 bits per heavy atom. The fourth-order valence-electron chi connectivity index (χ4n) is 1.99. The van der Waals surface area contributed by atoms with Gasteiger partial charge in [-0.2, -0.15) is 0 Å². The Morgan fingerprint density at radius 2 is 2.22 bits per heavy atom. The number of aromatic nitrogens is 2. The lowest BCUT2D eigenvalue weighted by Gasteiger charge is -2.33. The van der Waals surface area contributed by atoms with Crippen molar-refractivity contribution in [3.8, 4) is 0 Å². The molecule has 1 fully saturated rings. The lowest BCUT2D eigenvalue weighted by Crippen LogP contribution is -2.49. The Balaban J connectivity index is 1.90. The SMILES string of the molecule is C[C@@H]1CCCCN1C(=O)NNc1nccnc1Cl. The normalized spacial score (nSPS) is 19.4. The number of carbonyl (C=O) groups excluding carboxylic acids is 1. The topological polar surface area (TPSA) is 70.2 Å². The standard InChI is InChI=1S/C11H16ClN5O/c1-8-4-2-3-7-17(8)11(18)16-15-10-9(12)13-5-6-14-10/h5-6,8H,2-4,7H2,1H3,(H,14,15)(H,16,18)/t8-/m1/s1. The first kappa shape index (κ1) is 12.9. The van der Waals surface area contributed by atoms with Gasteiger partial charge >= 0.3 is 6.03 Å². The van der Waals surface area contributed by atoms with E-state index < -0.39 is 0 Å². The van der Waals surface area contributed by atoms with E-state index in [0.29, 0.717) is 5.82 Å². The molecule has 2 heterocycles. The van der Waals surface area contributed by atoms with Gasteiger partial charge in [-0.05, 0) is 26.2 Å². The molecule has 0 saturated carbocycles. The average molecular weight is 270 g/mol. The molecule has 0 spiro atoms. The van der Waals surface area contributed by atoms with E-state index in [1.807, 2.05) is 6.92 Å². The van der Waals surface area contributed by atoms with E-state index in [2.05, 4.69) is 20.8 Å². The summed E-state index contributed by atoms with van der Waals surface area (Å²) in [5, 5.41) is 0.226. The van der Waals surface area contributed by atoms with Crippen LogP contribution in [-0.4, -0.2) is 33.5 Å². The number of likely N-dealkylation sites (tertiary alicyclic amines) is 1. The van der Waals surface area contributed by atoms with Gasteiger partial charge in [0.05, 0.1) is 0 Å². The van der Waals surface area contributed by atoms with Crippen LogP contribution in [0.1, 0.15) is 26.2 Å². The van der Waals surface area contributed by atoms with Gasteiger partial charge in [0.25, 0.3) is 0 Å². The molecule has 0 radical (unpaired) electrons. The fourth-order valence-corrected chi connectivity index (χ4v) is 2.14. The van der Waals surface area contributed by atoms with Crippen molar-refractivity contribution in [1.29, 1.82) is 0 Å². The maximum atomic E-state index is 12.0. The van der Waals surface area contributed by atoms with E-state index in [4.69, 9.17) is 11.6 Å². The van der Waals surface area contributed by atoms with Crippen LogP contribution in [0.4, 0.5) is 10.6 Å². The maximum Gasteiger partial charge on any atom is 0.336 e. The van der Waals surface area contributed by atoms with Crippen LogP contribution in [0, 0.1) is 0 Å². The molecule has 7 heteroatoms. The minimum atomic E-state index is -0.163. The molecule has 0 bridgehead atoms. The van der Waals surface area contributed by atoms with Crippen LogP contribution in [0.3, 0.4) is 0 Å². The molecule has 1 aromatic rings. The van der Waals surface area contributed by atoms with Gasteiger partial charge in [-0.1, -0.05) is 11.6 Å². The van der Waals surface area contributed by atoms with Gasteiger partial charge in [0.1, 0.15) is 0 Å². The molecule has 98 valence electrons. The van der Waals surface area contributed by atoms with Gasteiger partial charge in [0, 0.05) is 25.0 Å². The molecule has 0 aromatic carbocycles. The maximum absolute atomic E-state index is 12.0. The summed E-state index contributed by atoms with van der Waals surface area (Å²) in [6.07, 6.45) is 6.25. The Labute approximate surface area is 111 Å². The quantitative estimate of drug-likeness (QED) is 0.806. The number of anilines is 1. The number of nitrogens with zero attached hydrogens (tertiary/aromatic N) is 3. The third-order valence-corrected chi connectivity index (χ3v) is 3.28. The van der Waals surface area contributed by atoms with Gasteiger partial charge in [-0.3, -0.25) is 10.9 Å². The van der Waals surface area contributed by atoms with E-state index in [-0.39, 0.29) is 17.2 Å². The molecule has 0 aliphatic carbocycles. The van der Waals surface area contributed by atoms with Crippen LogP contribution in [0.15, 0.2) is 12.4 Å². The molecule has 1 saturated heterocycles. The van der Waals surface area contributed by atoms with E-state index in [0.717, 1.165) is 19.4 Å². The molecule has 1 aliphatic rings. The Morgan fingerprint density at radius 3 is 2.94 bits per heavy atom. The number of piperidine rings is 1. The average Bonchev–Trinajstić information content (AvgIpc) is 2.38. The molecule has 18 heavy (non-hydrogen) atoms. The molecule has 2 amide bonds. The number of urea groups is 1.